The van der Waals surface area contributed by atoms with Crippen molar-refractivity contribution < 1.29 is 14.7 Å². The van der Waals surface area contributed by atoms with E-state index < -0.39 is 5.97 Å². The van der Waals surface area contributed by atoms with E-state index in [0.29, 0.717) is 6.29 Å². The summed E-state index contributed by atoms with van der Waals surface area (Å²) in [5.74, 6) is -1.18. The molecule has 0 bridgehead atoms. The molecule has 0 atom stereocenters. The molecule has 0 amide bonds. The van der Waals surface area contributed by atoms with Crippen molar-refractivity contribution in [3.05, 3.63) is 23.8 Å². The summed E-state index contributed by atoms with van der Waals surface area (Å²) in [6, 6.07) is 0. The average Bonchev–Trinajstić information content (AvgIpc) is 2.21. The van der Waals surface area contributed by atoms with Gasteiger partial charge in [0.05, 0.1) is 5.57 Å². The van der Waals surface area contributed by atoms with E-state index in [1.54, 1.807) is 6.08 Å². The zero-order chi connectivity index (χ0) is 11.5. The molecule has 0 aromatic rings. The summed E-state index contributed by atoms with van der Waals surface area (Å²) in [6.07, 6.45) is 10.9. The van der Waals surface area contributed by atoms with Crippen molar-refractivity contribution in [1.29, 1.82) is 0 Å². The second-order valence-corrected chi connectivity index (χ2v) is 3.32. The summed E-state index contributed by atoms with van der Waals surface area (Å²) in [6.45, 7) is 2.15. The molecule has 0 aliphatic heterocycles. The minimum Gasteiger partial charge on any atom is -0.478 e. The molecule has 84 valence electrons. The normalized spacial score (nSPS) is 11.9. The van der Waals surface area contributed by atoms with E-state index >= 15 is 0 Å². The van der Waals surface area contributed by atoms with Gasteiger partial charge in [-0.15, -0.1) is 0 Å². The molecule has 0 aliphatic rings. The molecule has 0 spiro atoms. The molecular formula is C12H18O3. The van der Waals surface area contributed by atoms with Gasteiger partial charge in [0.25, 0.3) is 0 Å². The fourth-order valence-electron chi connectivity index (χ4n) is 1.12. The van der Waals surface area contributed by atoms with Crippen LogP contribution in [-0.4, -0.2) is 17.4 Å². The zero-order valence-electron chi connectivity index (χ0n) is 9.11. The summed E-state index contributed by atoms with van der Waals surface area (Å²) in [5.41, 5.74) is -0.209. The van der Waals surface area contributed by atoms with Gasteiger partial charge in [0.1, 0.15) is 0 Å². The summed E-state index contributed by atoms with van der Waals surface area (Å²) < 4.78 is 0. The van der Waals surface area contributed by atoms with Crippen LogP contribution in [0, 0.1) is 0 Å². The molecule has 0 unspecified atom stereocenters. The Morgan fingerprint density at radius 2 is 2.00 bits per heavy atom. The maximum atomic E-state index is 10.4. The fraction of sp³-hybridized carbons (Fsp3) is 0.500. The van der Waals surface area contributed by atoms with Gasteiger partial charge in [-0.05, 0) is 18.9 Å². The summed E-state index contributed by atoms with van der Waals surface area (Å²) in [4.78, 5) is 20.7. The van der Waals surface area contributed by atoms with E-state index in [4.69, 9.17) is 5.11 Å². The van der Waals surface area contributed by atoms with E-state index in [0.717, 1.165) is 12.8 Å². The van der Waals surface area contributed by atoms with Gasteiger partial charge in [-0.2, -0.15) is 0 Å². The molecule has 0 aromatic carbocycles. The van der Waals surface area contributed by atoms with Gasteiger partial charge < -0.3 is 5.11 Å². The molecule has 0 fully saturated rings. The number of unbranched alkanes of at least 4 members (excludes halogenated alkanes) is 4. The van der Waals surface area contributed by atoms with Gasteiger partial charge in [-0.25, -0.2) is 4.79 Å². The van der Waals surface area contributed by atoms with Crippen LogP contribution in [0.3, 0.4) is 0 Å². The predicted octanol–water partition coefficient (Wildman–Crippen LogP) is 2.72. The number of aldehydes is 1. The van der Waals surface area contributed by atoms with Crippen LogP contribution in [0.2, 0.25) is 0 Å². The molecule has 0 saturated heterocycles. The Labute approximate surface area is 90.5 Å². The van der Waals surface area contributed by atoms with Crippen LogP contribution in [0.5, 0.6) is 0 Å². The van der Waals surface area contributed by atoms with Gasteiger partial charge in [-0.1, -0.05) is 38.3 Å². The quantitative estimate of drug-likeness (QED) is 0.167. The van der Waals surface area contributed by atoms with Gasteiger partial charge >= 0.3 is 5.97 Å². The summed E-state index contributed by atoms with van der Waals surface area (Å²) in [7, 11) is 0. The first-order valence-electron chi connectivity index (χ1n) is 5.27. The van der Waals surface area contributed by atoms with Gasteiger partial charge in [-0.3, -0.25) is 4.79 Å². The number of rotatable bonds is 8. The number of allylic oxidation sites excluding steroid dienone is 3. The van der Waals surface area contributed by atoms with Crippen LogP contribution < -0.4 is 0 Å². The Bertz CT molecular complexity index is 252. The number of carbonyl (C=O) groups is 2. The Balaban J connectivity index is 3.77. The molecule has 0 aliphatic carbocycles. The van der Waals surface area contributed by atoms with Gasteiger partial charge in [0.2, 0.25) is 0 Å². The topological polar surface area (TPSA) is 54.4 Å². The standard InChI is InChI=1S/C12H18O3/c1-2-3-4-5-6-7-8-9-11(10-13)12(14)15/h7-10H,2-6H2,1H3,(H,14,15)/b8-7+,11-9+. The Morgan fingerprint density at radius 3 is 2.53 bits per heavy atom. The van der Waals surface area contributed by atoms with Crippen LogP contribution in [0.1, 0.15) is 39.0 Å². The van der Waals surface area contributed by atoms with Gasteiger partial charge in [0, 0.05) is 0 Å². The number of carboxylic acids is 1. The molecule has 0 saturated carbocycles. The molecule has 0 heterocycles. The molecule has 1 N–H and O–H groups in total. The van der Waals surface area contributed by atoms with Crippen LogP contribution in [-0.2, 0) is 9.59 Å². The molecule has 0 radical (unpaired) electrons. The molecule has 0 rings (SSSR count). The largest absolute Gasteiger partial charge is 0.478 e. The van der Waals surface area contributed by atoms with E-state index in [-0.39, 0.29) is 5.57 Å². The van der Waals surface area contributed by atoms with Crippen LogP contribution in [0.4, 0.5) is 0 Å². The summed E-state index contributed by atoms with van der Waals surface area (Å²) >= 11 is 0. The highest BCUT2D eigenvalue weighted by Gasteiger charge is 2.01. The minimum absolute atomic E-state index is 0.209. The van der Waals surface area contributed by atoms with E-state index in [2.05, 4.69) is 6.92 Å². The van der Waals surface area contributed by atoms with Crippen LogP contribution in [0.25, 0.3) is 0 Å². The molecule has 3 nitrogen and oxygen atoms in total. The molecule has 15 heavy (non-hydrogen) atoms. The average molecular weight is 210 g/mol. The highest BCUT2D eigenvalue weighted by Crippen LogP contribution is 2.03. The van der Waals surface area contributed by atoms with Gasteiger partial charge in [0.15, 0.2) is 6.29 Å². The van der Waals surface area contributed by atoms with Crippen molar-refractivity contribution in [3.63, 3.8) is 0 Å². The molecular weight excluding hydrogens is 192 g/mol. The van der Waals surface area contributed by atoms with Crippen molar-refractivity contribution in [1.82, 2.24) is 0 Å². The minimum atomic E-state index is -1.18. The number of aliphatic carboxylic acids is 1. The third-order valence-corrected chi connectivity index (χ3v) is 2.01. The number of hydrogen-bond donors (Lipinski definition) is 1. The first-order valence-corrected chi connectivity index (χ1v) is 5.27. The molecule has 0 aromatic heterocycles. The zero-order valence-corrected chi connectivity index (χ0v) is 9.11. The lowest BCUT2D eigenvalue weighted by Gasteiger charge is -1.93. The maximum Gasteiger partial charge on any atom is 0.339 e. The highest BCUT2D eigenvalue weighted by atomic mass is 16.4. The molecule has 3 heteroatoms. The number of hydrogen-bond acceptors (Lipinski definition) is 2. The Hall–Kier alpha value is -1.38. The second-order valence-electron chi connectivity index (χ2n) is 3.32. The SMILES string of the molecule is CCCCCC/C=C/C=C(\C=O)C(=O)O. The monoisotopic (exact) mass is 210 g/mol. The lowest BCUT2D eigenvalue weighted by molar-refractivity contribution is -0.133. The number of carboxylic acid groups (broad SMARTS) is 1. The van der Waals surface area contributed by atoms with Crippen LogP contribution in [0.15, 0.2) is 23.8 Å². The van der Waals surface area contributed by atoms with Crippen molar-refractivity contribution in [2.45, 2.75) is 39.0 Å². The van der Waals surface area contributed by atoms with Crippen LogP contribution >= 0.6 is 0 Å². The first kappa shape index (κ1) is 13.6. The third kappa shape index (κ3) is 7.67. The highest BCUT2D eigenvalue weighted by molar-refractivity contribution is 6.06. The van der Waals surface area contributed by atoms with Crippen molar-refractivity contribution in [3.8, 4) is 0 Å². The lowest BCUT2D eigenvalue weighted by atomic mass is 10.1. The van der Waals surface area contributed by atoms with E-state index in [9.17, 15) is 9.59 Å². The van der Waals surface area contributed by atoms with E-state index in [1.807, 2.05) is 6.08 Å². The summed E-state index contributed by atoms with van der Waals surface area (Å²) in [5, 5.41) is 8.51. The van der Waals surface area contributed by atoms with Crippen molar-refractivity contribution in [2.24, 2.45) is 0 Å². The Kier molecular flexibility index (Phi) is 8.34. The third-order valence-electron chi connectivity index (χ3n) is 2.01. The van der Waals surface area contributed by atoms with Crippen molar-refractivity contribution in [2.75, 3.05) is 0 Å². The van der Waals surface area contributed by atoms with E-state index in [1.165, 1.54) is 25.3 Å². The second kappa shape index (κ2) is 9.19. The first-order chi connectivity index (χ1) is 7.22. The maximum absolute atomic E-state index is 10.4. The fourth-order valence-corrected chi connectivity index (χ4v) is 1.12. The number of carbonyl (C=O) groups excluding carboxylic acids is 1. The smallest absolute Gasteiger partial charge is 0.339 e. The Morgan fingerprint density at radius 1 is 1.27 bits per heavy atom. The van der Waals surface area contributed by atoms with Crippen molar-refractivity contribution >= 4 is 12.3 Å². The predicted molar refractivity (Wildman–Crippen MR) is 59.7 cm³/mol. The lowest BCUT2D eigenvalue weighted by Crippen LogP contribution is -2.00.